The Balaban J connectivity index is 1.71. The third-order valence-electron chi connectivity index (χ3n) is 8.42. The molecule has 2 aromatic carbocycles. The first kappa shape index (κ1) is 38.4. The highest BCUT2D eigenvalue weighted by molar-refractivity contribution is 5.99. The topological polar surface area (TPSA) is 148 Å². The number of primary amides is 1. The molecule has 1 amide bonds. The van der Waals surface area contributed by atoms with E-state index in [0.717, 1.165) is 58.7 Å². The lowest BCUT2D eigenvalue weighted by Gasteiger charge is -2.25. The third kappa shape index (κ3) is 11.0. The van der Waals surface area contributed by atoms with E-state index in [1.54, 1.807) is 26.2 Å². The first-order valence-electron chi connectivity index (χ1n) is 16.3. The quantitative estimate of drug-likeness (QED) is 0.171. The van der Waals surface area contributed by atoms with Gasteiger partial charge in [-0.15, -0.1) is 0 Å². The van der Waals surface area contributed by atoms with Gasteiger partial charge in [-0.05, 0) is 76.4 Å². The molecule has 1 atom stereocenters. The second-order valence-electron chi connectivity index (χ2n) is 11.6. The van der Waals surface area contributed by atoms with E-state index in [2.05, 4.69) is 9.80 Å². The first-order valence-corrected chi connectivity index (χ1v) is 16.3. The number of carbonyl (C=O) groups is 3. The lowest BCUT2D eigenvalue weighted by atomic mass is 10.0. The fourth-order valence-corrected chi connectivity index (χ4v) is 5.73. The number of ether oxygens (including phenoxy) is 7. The summed E-state index contributed by atoms with van der Waals surface area (Å²) in [7, 11) is 7.47. The van der Waals surface area contributed by atoms with E-state index in [4.69, 9.17) is 38.9 Å². The normalized spacial score (nSPS) is 14.5. The van der Waals surface area contributed by atoms with Crippen molar-refractivity contribution in [1.29, 1.82) is 0 Å². The smallest absolute Gasteiger partial charge is 0.338 e. The van der Waals surface area contributed by atoms with Crippen molar-refractivity contribution in [2.24, 2.45) is 5.73 Å². The van der Waals surface area contributed by atoms with Gasteiger partial charge in [-0.1, -0.05) is 0 Å². The number of esters is 2. The molecule has 1 unspecified atom stereocenters. The van der Waals surface area contributed by atoms with Gasteiger partial charge in [0.25, 0.3) is 0 Å². The lowest BCUT2D eigenvalue weighted by molar-refractivity contribution is 0.0221. The van der Waals surface area contributed by atoms with Crippen LogP contribution < -0.4 is 24.7 Å². The van der Waals surface area contributed by atoms with Crippen LogP contribution in [0.4, 0.5) is 0 Å². The van der Waals surface area contributed by atoms with Gasteiger partial charge >= 0.3 is 11.9 Å². The largest absolute Gasteiger partial charge is 0.493 e. The van der Waals surface area contributed by atoms with E-state index in [0.29, 0.717) is 47.8 Å². The fraction of sp³-hybridized carbons (Fsp3) is 0.571. The number of nitrogens with two attached hydrogens (primary N) is 1. The zero-order chi connectivity index (χ0) is 35.1. The molecule has 13 nitrogen and oxygen atoms in total. The summed E-state index contributed by atoms with van der Waals surface area (Å²) in [5.74, 6) is -0.332. The Bertz CT molecular complexity index is 1340. The fourth-order valence-electron chi connectivity index (χ4n) is 5.73. The highest BCUT2D eigenvalue weighted by Crippen LogP contribution is 2.38. The number of benzene rings is 2. The van der Waals surface area contributed by atoms with Gasteiger partial charge in [0.15, 0.2) is 11.5 Å². The molecule has 0 bridgehead atoms. The highest BCUT2D eigenvalue weighted by atomic mass is 16.5. The Labute approximate surface area is 283 Å². The molecule has 1 saturated heterocycles. The Kier molecular flexibility index (Phi) is 15.7. The van der Waals surface area contributed by atoms with Gasteiger partial charge in [0.2, 0.25) is 11.7 Å². The number of carbonyl (C=O) groups excluding carboxylic acids is 3. The number of nitrogens with zero attached hydrogens (tertiary/aromatic N) is 2. The van der Waals surface area contributed by atoms with Crippen LogP contribution in [0.3, 0.4) is 0 Å². The van der Waals surface area contributed by atoms with E-state index >= 15 is 0 Å². The van der Waals surface area contributed by atoms with Crippen LogP contribution in [0.15, 0.2) is 24.3 Å². The maximum absolute atomic E-state index is 13.5. The van der Waals surface area contributed by atoms with Crippen LogP contribution in [-0.4, -0.2) is 122 Å². The molecule has 0 aliphatic carbocycles. The summed E-state index contributed by atoms with van der Waals surface area (Å²) in [4.78, 5) is 42.6. The van der Waals surface area contributed by atoms with Crippen molar-refractivity contribution in [3.05, 3.63) is 46.5 Å². The van der Waals surface area contributed by atoms with E-state index < -0.39 is 23.9 Å². The molecule has 13 heteroatoms. The highest BCUT2D eigenvalue weighted by Gasteiger charge is 2.23. The summed E-state index contributed by atoms with van der Waals surface area (Å²) in [6.45, 7) is 8.42. The summed E-state index contributed by atoms with van der Waals surface area (Å²) in [5, 5.41) is 0. The maximum atomic E-state index is 13.5. The van der Waals surface area contributed by atoms with Crippen molar-refractivity contribution in [1.82, 2.24) is 9.80 Å². The third-order valence-corrected chi connectivity index (χ3v) is 8.42. The Morgan fingerprint density at radius 1 is 0.750 bits per heavy atom. The number of hydrogen-bond donors (Lipinski definition) is 1. The van der Waals surface area contributed by atoms with Crippen molar-refractivity contribution in [2.45, 2.75) is 45.1 Å². The van der Waals surface area contributed by atoms with Crippen LogP contribution in [-0.2, 0) is 14.2 Å². The molecular weight excluding hydrogens is 622 g/mol. The van der Waals surface area contributed by atoms with Gasteiger partial charge in [0.1, 0.15) is 11.9 Å². The molecule has 0 saturated carbocycles. The average molecular weight is 674 g/mol. The Morgan fingerprint density at radius 2 is 1.38 bits per heavy atom. The first-order chi connectivity index (χ1) is 23.1. The van der Waals surface area contributed by atoms with Crippen LogP contribution in [0.25, 0.3) is 0 Å². The molecule has 3 rings (SSSR count). The molecule has 1 aliphatic rings. The van der Waals surface area contributed by atoms with Gasteiger partial charge < -0.3 is 48.7 Å². The van der Waals surface area contributed by atoms with E-state index in [1.165, 1.54) is 40.6 Å². The SMILES string of the molecule is COCCCN1CCCN(CCC(CCCOc2cc(C(=O)OC)cc(C(N)=O)c2C)OC(=O)c2cc(OC)c(OC)c(OC)c2)CC1. The minimum absolute atomic E-state index is 0.166. The number of rotatable bonds is 19. The van der Waals surface area contributed by atoms with Crippen LogP contribution >= 0.6 is 0 Å². The molecule has 2 aromatic rings. The monoisotopic (exact) mass is 673 g/mol. The van der Waals surface area contributed by atoms with Crippen molar-refractivity contribution in [2.75, 3.05) is 88.0 Å². The van der Waals surface area contributed by atoms with Crippen molar-refractivity contribution in [3.63, 3.8) is 0 Å². The molecule has 48 heavy (non-hydrogen) atoms. The molecule has 0 radical (unpaired) electrons. The molecule has 1 heterocycles. The van der Waals surface area contributed by atoms with Crippen LogP contribution in [0.1, 0.15) is 68.7 Å². The van der Waals surface area contributed by atoms with Crippen LogP contribution in [0.2, 0.25) is 0 Å². The second kappa shape index (κ2) is 19.7. The lowest BCUT2D eigenvalue weighted by Crippen LogP contribution is -2.34. The van der Waals surface area contributed by atoms with Gasteiger partial charge in [0.05, 0.1) is 46.2 Å². The predicted molar refractivity (Wildman–Crippen MR) is 180 cm³/mol. The van der Waals surface area contributed by atoms with Crippen molar-refractivity contribution in [3.8, 4) is 23.0 Å². The van der Waals surface area contributed by atoms with Crippen molar-refractivity contribution >= 4 is 17.8 Å². The van der Waals surface area contributed by atoms with Crippen LogP contribution in [0.5, 0.6) is 23.0 Å². The minimum atomic E-state index is -0.673. The summed E-state index contributed by atoms with van der Waals surface area (Å²) in [6, 6.07) is 6.08. The number of hydrogen-bond acceptors (Lipinski definition) is 12. The number of methoxy groups -OCH3 is 5. The van der Waals surface area contributed by atoms with E-state index in [1.807, 2.05) is 0 Å². The van der Waals surface area contributed by atoms with Gasteiger partial charge in [-0.3, -0.25) is 4.79 Å². The zero-order valence-electron chi connectivity index (χ0n) is 29.1. The predicted octanol–water partition coefficient (Wildman–Crippen LogP) is 3.73. The van der Waals surface area contributed by atoms with Gasteiger partial charge in [-0.25, -0.2) is 9.59 Å². The number of amides is 1. The molecule has 1 fully saturated rings. The second-order valence-corrected chi connectivity index (χ2v) is 11.6. The molecule has 0 spiro atoms. The Morgan fingerprint density at radius 3 is 1.96 bits per heavy atom. The summed E-state index contributed by atoms with van der Waals surface area (Å²) < 4.78 is 38.4. The standard InChI is InChI=1S/C35H51N3O10/c1-24-28(33(36)39)20-25(34(40)46-6)21-29(24)47-19-7-10-27(11-15-38-13-8-12-37(16-17-38)14-9-18-42-2)48-35(41)26-22-30(43-3)32(45-5)31(23-26)44-4/h20-23,27H,7-19H2,1-6H3,(H2,36,39). The molecular formula is C35H51N3O10. The summed E-state index contributed by atoms with van der Waals surface area (Å²) in [5.41, 5.74) is 6.70. The Hall–Kier alpha value is -4.07. The molecule has 0 aromatic heterocycles. The maximum Gasteiger partial charge on any atom is 0.338 e. The minimum Gasteiger partial charge on any atom is -0.493 e. The molecule has 2 N–H and O–H groups in total. The molecule has 1 aliphatic heterocycles. The van der Waals surface area contributed by atoms with Gasteiger partial charge in [0, 0.05) is 51.0 Å². The van der Waals surface area contributed by atoms with Crippen LogP contribution in [0, 0.1) is 6.92 Å². The zero-order valence-corrected chi connectivity index (χ0v) is 29.1. The average Bonchev–Trinajstić information content (AvgIpc) is 3.33. The van der Waals surface area contributed by atoms with E-state index in [9.17, 15) is 14.4 Å². The molecule has 266 valence electrons. The van der Waals surface area contributed by atoms with Gasteiger partial charge in [-0.2, -0.15) is 0 Å². The van der Waals surface area contributed by atoms with E-state index in [-0.39, 0.29) is 23.3 Å². The van der Waals surface area contributed by atoms with Crippen molar-refractivity contribution < 1.29 is 47.5 Å². The summed E-state index contributed by atoms with van der Waals surface area (Å²) in [6.07, 6.45) is 3.34. The summed E-state index contributed by atoms with van der Waals surface area (Å²) >= 11 is 0.